The van der Waals surface area contributed by atoms with Gasteiger partial charge in [-0.1, -0.05) is 51.1 Å². The SMILES string of the molecule is CC[C@@H](NC(=O)[C@@H](C)Oc1ccccc1C(C)C)c1ccc(S(C)(=O)=O)cc1. The first kappa shape index (κ1) is 22.0. The third kappa shape index (κ3) is 5.58. The van der Waals surface area contributed by atoms with Gasteiger partial charge in [0.15, 0.2) is 15.9 Å². The van der Waals surface area contributed by atoms with Gasteiger partial charge in [0.2, 0.25) is 0 Å². The molecule has 2 rings (SSSR count). The fourth-order valence-corrected chi connectivity index (χ4v) is 3.60. The maximum Gasteiger partial charge on any atom is 0.261 e. The Hall–Kier alpha value is -2.34. The third-order valence-electron chi connectivity index (χ3n) is 4.65. The van der Waals surface area contributed by atoms with E-state index in [4.69, 9.17) is 4.74 Å². The molecule has 0 saturated carbocycles. The molecule has 0 aliphatic carbocycles. The zero-order valence-corrected chi connectivity index (χ0v) is 17.9. The lowest BCUT2D eigenvalue weighted by atomic mass is 10.0. The minimum Gasteiger partial charge on any atom is -0.481 e. The summed E-state index contributed by atoms with van der Waals surface area (Å²) in [5, 5.41) is 3.00. The number of rotatable bonds is 8. The van der Waals surface area contributed by atoms with Gasteiger partial charge < -0.3 is 10.1 Å². The van der Waals surface area contributed by atoms with Crippen LogP contribution in [0.15, 0.2) is 53.4 Å². The summed E-state index contributed by atoms with van der Waals surface area (Å²) in [6.45, 7) is 7.86. The Bertz CT molecular complexity index is 904. The Balaban J connectivity index is 2.09. The molecule has 0 aliphatic rings. The van der Waals surface area contributed by atoms with Crippen molar-refractivity contribution >= 4 is 15.7 Å². The Kier molecular flexibility index (Phi) is 7.24. The monoisotopic (exact) mass is 403 g/mol. The lowest BCUT2D eigenvalue weighted by Crippen LogP contribution is -2.38. The van der Waals surface area contributed by atoms with Crippen molar-refractivity contribution in [1.29, 1.82) is 0 Å². The van der Waals surface area contributed by atoms with E-state index in [9.17, 15) is 13.2 Å². The summed E-state index contributed by atoms with van der Waals surface area (Å²) in [4.78, 5) is 12.9. The van der Waals surface area contributed by atoms with Crippen molar-refractivity contribution in [2.75, 3.05) is 6.26 Å². The van der Waals surface area contributed by atoms with Crippen molar-refractivity contribution in [3.63, 3.8) is 0 Å². The molecule has 1 N–H and O–H groups in total. The van der Waals surface area contributed by atoms with Gasteiger partial charge in [0.05, 0.1) is 10.9 Å². The molecule has 0 aromatic heterocycles. The topological polar surface area (TPSA) is 72.5 Å². The van der Waals surface area contributed by atoms with E-state index in [1.807, 2.05) is 31.2 Å². The van der Waals surface area contributed by atoms with E-state index in [0.29, 0.717) is 18.1 Å². The third-order valence-corrected chi connectivity index (χ3v) is 5.78. The highest BCUT2D eigenvalue weighted by Crippen LogP contribution is 2.27. The number of nitrogens with one attached hydrogen (secondary N) is 1. The Morgan fingerprint density at radius 2 is 1.64 bits per heavy atom. The first-order chi connectivity index (χ1) is 13.1. The van der Waals surface area contributed by atoms with Crippen LogP contribution in [0.4, 0.5) is 0 Å². The maximum atomic E-state index is 12.7. The molecule has 0 saturated heterocycles. The lowest BCUT2D eigenvalue weighted by molar-refractivity contribution is -0.128. The number of hydrogen-bond acceptors (Lipinski definition) is 4. The smallest absolute Gasteiger partial charge is 0.261 e. The minimum absolute atomic E-state index is 0.211. The van der Waals surface area contributed by atoms with E-state index < -0.39 is 15.9 Å². The predicted octanol–water partition coefficient (Wildman–Crippen LogP) is 4.25. The van der Waals surface area contributed by atoms with Crippen LogP contribution in [0.3, 0.4) is 0 Å². The molecule has 2 aromatic rings. The van der Waals surface area contributed by atoms with E-state index in [1.54, 1.807) is 31.2 Å². The average molecular weight is 404 g/mol. The standard InChI is InChI=1S/C22H29NO4S/c1-6-20(17-11-13-18(14-12-17)28(5,25)26)23-22(24)16(4)27-21-10-8-7-9-19(21)15(2)3/h7-16,20H,6H2,1-5H3,(H,23,24)/t16-,20-/m1/s1. The normalized spacial score (nSPS) is 13.8. The van der Waals surface area contributed by atoms with E-state index >= 15 is 0 Å². The molecule has 5 nitrogen and oxygen atoms in total. The van der Waals surface area contributed by atoms with Gasteiger partial charge in [0.1, 0.15) is 5.75 Å². The summed E-state index contributed by atoms with van der Waals surface area (Å²) in [5.74, 6) is 0.798. The van der Waals surface area contributed by atoms with E-state index in [2.05, 4.69) is 19.2 Å². The second-order valence-corrected chi connectivity index (χ2v) is 9.28. The first-order valence-corrected chi connectivity index (χ1v) is 11.4. The number of amides is 1. The van der Waals surface area contributed by atoms with E-state index in [0.717, 1.165) is 11.1 Å². The van der Waals surface area contributed by atoms with Gasteiger partial charge in [-0.15, -0.1) is 0 Å². The molecule has 1 amide bonds. The van der Waals surface area contributed by atoms with Crippen molar-refractivity contribution in [3.8, 4) is 5.75 Å². The fraction of sp³-hybridized carbons (Fsp3) is 0.409. The molecule has 0 fully saturated rings. The summed E-state index contributed by atoms with van der Waals surface area (Å²) in [6, 6.07) is 14.1. The second kappa shape index (κ2) is 9.24. The number of para-hydroxylation sites is 1. The van der Waals surface area contributed by atoms with E-state index in [1.165, 1.54) is 6.26 Å². The molecule has 0 bridgehead atoms. The fourth-order valence-electron chi connectivity index (χ4n) is 2.97. The number of benzene rings is 2. The molecular weight excluding hydrogens is 374 g/mol. The van der Waals surface area contributed by atoms with Crippen LogP contribution >= 0.6 is 0 Å². The number of sulfone groups is 1. The van der Waals surface area contributed by atoms with Gasteiger partial charge in [-0.3, -0.25) is 4.79 Å². The molecule has 0 spiro atoms. The van der Waals surface area contributed by atoms with Crippen LogP contribution in [0.1, 0.15) is 57.2 Å². The highest BCUT2D eigenvalue weighted by atomic mass is 32.2. The van der Waals surface area contributed by atoms with Gasteiger partial charge in [0.25, 0.3) is 5.91 Å². The zero-order valence-electron chi connectivity index (χ0n) is 17.1. The maximum absolute atomic E-state index is 12.7. The van der Waals surface area contributed by atoms with Crippen LogP contribution in [0.2, 0.25) is 0 Å². The molecule has 0 aliphatic heterocycles. The quantitative estimate of drug-likeness (QED) is 0.715. The number of hydrogen-bond donors (Lipinski definition) is 1. The molecule has 0 radical (unpaired) electrons. The number of carbonyl (C=O) groups excluding carboxylic acids is 1. The highest BCUT2D eigenvalue weighted by Gasteiger charge is 2.21. The van der Waals surface area contributed by atoms with Crippen molar-refractivity contribution in [3.05, 3.63) is 59.7 Å². The molecule has 0 heterocycles. The summed E-state index contributed by atoms with van der Waals surface area (Å²) in [7, 11) is -3.24. The average Bonchev–Trinajstić information content (AvgIpc) is 2.65. The molecule has 2 atom stereocenters. The summed E-state index contributed by atoms with van der Waals surface area (Å²) in [5.41, 5.74) is 1.92. The Morgan fingerprint density at radius 3 is 2.18 bits per heavy atom. The van der Waals surface area contributed by atoms with Crippen LogP contribution in [0.5, 0.6) is 5.75 Å². The molecule has 2 aromatic carbocycles. The van der Waals surface area contributed by atoms with Crippen LogP contribution in [-0.4, -0.2) is 26.7 Å². The Morgan fingerprint density at radius 1 is 1.04 bits per heavy atom. The van der Waals surface area contributed by atoms with Crippen LogP contribution in [0.25, 0.3) is 0 Å². The first-order valence-electron chi connectivity index (χ1n) is 9.49. The molecule has 6 heteroatoms. The van der Waals surface area contributed by atoms with Crippen molar-refractivity contribution < 1.29 is 17.9 Å². The second-order valence-electron chi connectivity index (χ2n) is 7.26. The predicted molar refractivity (Wildman–Crippen MR) is 111 cm³/mol. The van der Waals surface area contributed by atoms with Gasteiger partial charge in [-0.2, -0.15) is 0 Å². The van der Waals surface area contributed by atoms with E-state index in [-0.39, 0.29) is 16.8 Å². The Labute approximate surface area is 168 Å². The van der Waals surface area contributed by atoms with Gasteiger partial charge >= 0.3 is 0 Å². The largest absolute Gasteiger partial charge is 0.481 e. The number of carbonyl (C=O) groups is 1. The minimum atomic E-state index is -3.24. The lowest BCUT2D eigenvalue weighted by Gasteiger charge is -2.22. The van der Waals surface area contributed by atoms with Crippen LogP contribution < -0.4 is 10.1 Å². The molecule has 152 valence electrons. The van der Waals surface area contributed by atoms with Crippen LogP contribution in [0, 0.1) is 0 Å². The molecule has 28 heavy (non-hydrogen) atoms. The van der Waals surface area contributed by atoms with Crippen molar-refractivity contribution in [2.24, 2.45) is 0 Å². The van der Waals surface area contributed by atoms with Gasteiger partial charge in [-0.05, 0) is 48.6 Å². The highest BCUT2D eigenvalue weighted by molar-refractivity contribution is 7.90. The number of ether oxygens (including phenoxy) is 1. The zero-order chi connectivity index (χ0) is 20.9. The summed E-state index contributed by atoms with van der Waals surface area (Å²) in [6.07, 6.45) is 1.21. The summed E-state index contributed by atoms with van der Waals surface area (Å²) >= 11 is 0. The van der Waals surface area contributed by atoms with Crippen molar-refractivity contribution in [1.82, 2.24) is 5.32 Å². The van der Waals surface area contributed by atoms with Crippen molar-refractivity contribution in [2.45, 2.75) is 57.1 Å². The van der Waals surface area contributed by atoms with Gasteiger partial charge in [-0.25, -0.2) is 8.42 Å². The summed E-state index contributed by atoms with van der Waals surface area (Å²) < 4.78 is 29.1. The molecular formula is C22H29NO4S. The van der Waals surface area contributed by atoms with Crippen LogP contribution in [-0.2, 0) is 14.6 Å². The van der Waals surface area contributed by atoms with Gasteiger partial charge in [0, 0.05) is 6.26 Å². The molecule has 0 unspecified atom stereocenters.